The topological polar surface area (TPSA) is 163 Å². The monoisotopic (exact) mass is 895 g/mol. The summed E-state index contributed by atoms with van der Waals surface area (Å²) in [7, 11) is 0. The maximum absolute atomic E-state index is 15.1. The standard InChI is InChI=1S/C51H65N3O9S/c1-5-27-61-51-46(54(23-28-59-29-26-57)49(58)37-19-17-36(35-52)18-20-37)34-44(53-63-50(2,3)4)42-32-38(13-9-11-24-55)41(16-10-12-25-56)47(48(42)51)43-33-39(21-22-45(43)62-51)60-30-31-64-40-14-7-6-8-15-40/h5-8,14-15,17-22,32-33,38,41,46-48,55-57H,1,9-13,16,23-31,34H2,2-4H3. The number of aliphatic hydroxyl groups is 3. The number of benzene rings is 3. The van der Waals surface area contributed by atoms with E-state index in [1.54, 1.807) is 47.0 Å². The zero-order valence-corrected chi connectivity index (χ0v) is 38.3. The molecule has 1 saturated carbocycles. The molecule has 3 aliphatic rings. The highest BCUT2D eigenvalue weighted by atomic mass is 32.2. The van der Waals surface area contributed by atoms with E-state index < -0.39 is 23.3 Å². The van der Waals surface area contributed by atoms with Gasteiger partial charge in [-0.05, 0) is 118 Å². The van der Waals surface area contributed by atoms with E-state index >= 15 is 4.79 Å². The molecule has 0 radical (unpaired) electrons. The quantitative estimate of drug-likeness (QED) is 0.0343. The number of ether oxygens (including phenoxy) is 4. The van der Waals surface area contributed by atoms with E-state index in [4.69, 9.17) is 28.9 Å². The number of rotatable bonds is 24. The number of allylic oxidation sites excluding steroid dienone is 1. The number of aliphatic hydroxyl groups excluding tert-OH is 3. The van der Waals surface area contributed by atoms with Gasteiger partial charge < -0.3 is 44.0 Å². The van der Waals surface area contributed by atoms with Crippen molar-refractivity contribution in [3.63, 3.8) is 0 Å². The number of fused-ring (bicyclic) bond motifs is 2. The fourth-order valence-corrected chi connectivity index (χ4v) is 10.1. The van der Waals surface area contributed by atoms with E-state index in [-0.39, 0.29) is 76.3 Å². The molecule has 344 valence electrons. The lowest BCUT2D eigenvalue weighted by Crippen LogP contribution is -2.70. The summed E-state index contributed by atoms with van der Waals surface area (Å²) in [5, 5.41) is 44.1. The molecule has 6 rings (SSSR count). The van der Waals surface area contributed by atoms with Gasteiger partial charge in [-0.2, -0.15) is 5.26 Å². The van der Waals surface area contributed by atoms with Crippen LogP contribution in [0.5, 0.6) is 11.5 Å². The lowest BCUT2D eigenvalue weighted by Gasteiger charge is -2.60. The van der Waals surface area contributed by atoms with Crippen LogP contribution in [0.25, 0.3) is 0 Å². The number of carbonyl (C=O) groups excluding carboxylic acids is 1. The van der Waals surface area contributed by atoms with Gasteiger partial charge in [-0.25, -0.2) is 0 Å². The molecule has 3 aromatic rings. The molecule has 1 amide bonds. The first-order chi connectivity index (χ1) is 31.1. The third-order valence-electron chi connectivity index (χ3n) is 12.0. The summed E-state index contributed by atoms with van der Waals surface area (Å²) in [4.78, 5) is 24.2. The first-order valence-corrected chi connectivity index (χ1v) is 23.6. The van der Waals surface area contributed by atoms with Crippen LogP contribution in [0.15, 0.2) is 107 Å². The van der Waals surface area contributed by atoms with Crippen molar-refractivity contribution in [2.45, 2.75) is 94.0 Å². The first kappa shape index (κ1) is 48.8. The van der Waals surface area contributed by atoms with Gasteiger partial charge in [0.15, 0.2) is 0 Å². The van der Waals surface area contributed by atoms with Crippen molar-refractivity contribution in [1.82, 2.24) is 4.90 Å². The Morgan fingerprint density at radius 3 is 2.42 bits per heavy atom. The number of hydrogen-bond acceptors (Lipinski definition) is 12. The number of nitrogens with zero attached hydrogens (tertiary/aromatic N) is 3. The highest BCUT2D eigenvalue weighted by Gasteiger charge is 2.65. The number of carbonyl (C=O) groups is 1. The Bertz CT molecular complexity index is 2080. The Balaban J connectivity index is 1.55. The molecule has 1 heterocycles. The number of unbranched alkanes of at least 4 members (excludes halogenated alkanes) is 2. The van der Waals surface area contributed by atoms with Gasteiger partial charge in [0.05, 0.1) is 56.3 Å². The van der Waals surface area contributed by atoms with Crippen LogP contribution in [0.4, 0.5) is 0 Å². The smallest absolute Gasteiger partial charge is 0.254 e. The second-order valence-electron chi connectivity index (χ2n) is 17.5. The van der Waals surface area contributed by atoms with Crippen LogP contribution < -0.4 is 9.47 Å². The molecule has 13 heteroatoms. The van der Waals surface area contributed by atoms with Crippen molar-refractivity contribution >= 4 is 23.4 Å². The number of nitriles is 1. The largest absolute Gasteiger partial charge is 0.493 e. The molecule has 6 unspecified atom stereocenters. The van der Waals surface area contributed by atoms with Crippen LogP contribution in [-0.2, 0) is 14.3 Å². The van der Waals surface area contributed by atoms with Crippen LogP contribution in [0.1, 0.15) is 93.1 Å². The molecule has 64 heavy (non-hydrogen) atoms. The van der Waals surface area contributed by atoms with Gasteiger partial charge in [-0.1, -0.05) is 48.3 Å². The Kier molecular flexibility index (Phi) is 17.9. The minimum atomic E-state index is -1.47. The van der Waals surface area contributed by atoms with Crippen LogP contribution in [0, 0.1) is 29.1 Å². The third-order valence-corrected chi connectivity index (χ3v) is 13.0. The fraction of sp³-hybridized carbons (Fsp3) is 0.510. The lowest BCUT2D eigenvalue weighted by atomic mass is 9.55. The molecule has 12 nitrogen and oxygen atoms in total. The van der Waals surface area contributed by atoms with Gasteiger partial charge in [0.2, 0.25) is 5.79 Å². The van der Waals surface area contributed by atoms with Crippen molar-refractivity contribution in [2.75, 3.05) is 58.5 Å². The van der Waals surface area contributed by atoms with E-state index in [0.717, 1.165) is 42.6 Å². The van der Waals surface area contributed by atoms with Crippen molar-refractivity contribution in [2.24, 2.45) is 22.9 Å². The summed E-state index contributed by atoms with van der Waals surface area (Å²) < 4.78 is 26.8. The van der Waals surface area contributed by atoms with Crippen LogP contribution >= 0.6 is 11.8 Å². The van der Waals surface area contributed by atoms with Gasteiger partial charge in [0.25, 0.3) is 5.91 Å². The Morgan fingerprint density at radius 1 is 0.984 bits per heavy atom. The molecule has 0 spiro atoms. The lowest BCUT2D eigenvalue weighted by molar-refractivity contribution is -0.254. The summed E-state index contributed by atoms with van der Waals surface area (Å²) in [6, 6.07) is 24.1. The van der Waals surface area contributed by atoms with Crippen molar-refractivity contribution in [1.29, 1.82) is 5.26 Å². The third kappa shape index (κ3) is 12.0. The Morgan fingerprint density at radius 2 is 1.73 bits per heavy atom. The minimum absolute atomic E-state index is 0.0383. The van der Waals surface area contributed by atoms with Crippen molar-refractivity contribution < 1.29 is 43.9 Å². The predicted molar refractivity (Wildman–Crippen MR) is 249 cm³/mol. The van der Waals surface area contributed by atoms with Crippen LogP contribution in [-0.4, -0.2) is 108 Å². The highest BCUT2D eigenvalue weighted by Crippen LogP contribution is 2.62. The number of hydrogen-bond donors (Lipinski definition) is 3. The van der Waals surface area contributed by atoms with Gasteiger partial charge >= 0.3 is 0 Å². The fourth-order valence-electron chi connectivity index (χ4n) is 9.35. The van der Waals surface area contributed by atoms with E-state index in [9.17, 15) is 20.6 Å². The second kappa shape index (κ2) is 23.5. The second-order valence-corrected chi connectivity index (χ2v) is 18.7. The molecule has 3 N–H and O–H groups in total. The highest BCUT2D eigenvalue weighted by molar-refractivity contribution is 7.99. The Hall–Kier alpha value is -4.68. The van der Waals surface area contributed by atoms with E-state index in [0.29, 0.717) is 47.8 Å². The number of amides is 1. The average Bonchev–Trinajstić information content (AvgIpc) is 3.30. The van der Waals surface area contributed by atoms with Gasteiger partial charge in [0, 0.05) is 53.9 Å². The van der Waals surface area contributed by atoms with Gasteiger partial charge in [0.1, 0.15) is 23.1 Å². The molecular formula is C51H65N3O9S. The molecule has 2 aliphatic carbocycles. The molecule has 0 aromatic heterocycles. The minimum Gasteiger partial charge on any atom is -0.493 e. The van der Waals surface area contributed by atoms with E-state index in [1.165, 1.54) is 4.90 Å². The zero-order valence-electron chi connectivity index (χ0n) is 37.5. The molecule has 6 atom stereocenters. The molecule has 0 bridgehead atoms. The summed E-state index contributed by atoms with van der Waals surface area (Å²) in [6.45, 7) is 10.8. The maximum atomic E-state index is 15.1. The molecule has 3 aromatic carbocycles. The van der Waals surface area contributed by atoms with Crippen molar-refractivity contribution in [3.8, 4) is 17.6 Å². The molecule has 1 fully saturated rings. The number of oxime groups is 1. The summed E-state index contributed by atoms with van der Waals surface area (Å²) in [6.07, 6.45) is 8.76. The predicted octanol–water partition coefficient (Wildman–Crippen LogP) is 8.31. The van der Waals surface area contributed by atoms with E-state index in [1.807, 2.05) is 51.1 Å². The van der Waals surface area contributed by atoms with Gasteiger partial charge in [-0.3, -0.25) is 4.79 Å². The number of thioether (sulfide) groups is 1. The summed E-state index contributed by atoms with van der Waals surface area (Å²) in [5.74, 6) is -0.323. The maximum Gasteiger partial charge on any atom is 0.254 e. The normalized spacial score (nSPS) is 22.9. The first-order valence-electron chi connectivity index (χ1n) is 22.6. The molecular weight excluding hydrogens is 831 g/mol. The summed E-state index contributed by atoms with van der Waals surface area (Å²) in [5.41, 5.74) is 2.75. The van der Waals surface area contributed by atoms with Gasteiger partial charge in [-0.15, -0.1) is 18.3 Å². The SMILES string of the molecule is C=CCOC12Oc3ccc(OCCSc4ccccc4)cc3C3C(CCCCO)C(CCCCO)C=C(C(=NOC(C)(C)C)CC1N(CCOCCO)C(=O)c1ccc(C#N)cc1)C32. The molecule has 1 aliphatic heterocycles. The zero-order chi connectivity index (χ0) is 45.5. The van der Waals surface area contributed by atoms with Crippen LogP contribution in [0.2, 0.25) is 0 Å². The van der Waals surface area contributed by atoms with Crippen molar-refractivity contribution in [3.05, 3.63) is 114 Å². The van der Waals surface area contributed by atoms with Crippen LogP contribution in [0.3, 0.4) is 0 Å². The summed E-state index contributed by atoms with van der Waals surface area (Å²) >= 11 is 1.73. The van der Waals surface area contributed by atoms with E-state index in [2.05, 4.69) is 36.9 Å². The Labute approximate surface area is 382 Å². The molecule has 0 saturated heterocycles. The average molecular weight is 896 g/mol.